The van der Waals surface area contributed by atoms with Crippen LogP contribution in [0.1, 0.15) is 38.4 Å². The number of hydrogen-bond acceptors (Lipinski definition) is 8. The summed E-state index contributed by atoms with van der Waals surface area (Å²) in [6.45, 7) is 7.07. The van der Waals surface area contributed by atoms with Gasteiger partial charge in [0.2, 0.25) is 5.95 Å². The standard InChI is InChI=1S/C27H32FN5O4/c1-15(2)33-17(11-32-18-8-19(32)13-37-12-18)9-24(34)20-4-3-16(7-23(20)33)26-21(28)10-29-27(31-26)30-22-5-6-36-14-25(22)35/h3-4,7,9-10,15,18-19,22,25,35H,5-6,8,11-14H2,1-2H3,(H,29,30,31)/t18?,19?,22-,25-/m1/s1. The summed E-state index contributed by atoms with van der Waals surface area (Å²) in [7, 11) is 0. The number of morpholine rings is 1. The fourth-order valence-electron chi connectivity index (χ4n) is 5.83. The Kier molecular flexibility index (Phi) is 6.44. The minimum atomic E-state index is -0.692. The molecule has 9 nitrogen and oxygen atoms in total. The first-order chi connectivity index (χ1) is 17.9. The van der Waals surface area contributed by atoms with Gasteiger partial charge < -0.3 is 24.5 Å². The van der Waals surface area contributed by atoms with Crippen molar-refractivity contribution in [2.75, 3.05) is 31.7 Å². The van der Waals surface area contributed by atoms with Gasteiger partial charge in [0.05, 0.1) is 43.7 Å². The summed E-state index contributed by atoms with van der Waals surface area (Å²) in [5.41, 5.74) is 2.35. The lowest BCUT2D eigenvalue weighted by atomic mass is 9.91. The molecule has 37 heavy (non-hydrogen) atoms. The second-order valence-electron chi connectivity index (χ2n) is 10.5. The molecule has 3 saturated heterocycles. The third-order valence-corrected chi connectivity index (χ3v) is 7.75. The lowest BCUT2D eigenvalue weighted by Gasteiger charge is -2.52. The summed E-state index contributed by atoms with van der Waals surface area (Å²) < 4.78 is 28.1. The van der Waals surface area contributed by atoms with Crippen molar-refractivity contribution < 1.29 is 19.0 Å². The van der Waals surface area contributed by atoms with E-state index < -0.39 is 11.9 Å². The van der Waals surface area contributed by atoms with E-state index in [1.807, 2.05) is 6.07 Å². The largest absolute Gasteiger partial charge is 0.389 e. The molecule has 196 valence electrons. The zero-order valence-electron chi connectivity index (χ0n) is 21.1. The number of hydrogen-bond donors (Lipinski definition) is 2. The average molecular weight is 510 g/mol. The maximum atomic E-state index is 15.0. The van der Waals surface area contributed by atoms with Gasteiger partial charge in [-0.3, -0.25) is 9.69 Å². The molecule has 0 aliphatic carbocycles. The average Bonchev–Trinajstić information content (AvgIpc) is 2.89. The molecule has 1 aromatic carbocycles. The lowest BCUT2D eigenvalue weighted by Crippen LogP contribution is -2.63. The van der Waals surface area contributed by atoms with Gasteiger partial charge in [-0.15, -0.1) is 0 Å². The summed E-state index contributed by atoms with van der Waals surface area (Å²) >= 11 is 0. The number of anilines is 1. The minimum Gasteiger partial charge on any atom is -0.389 e. The van der Waals surface area contributed by atoms with E-state index in [1.165, 1.54) is 0 Å². The van der Waals surface area contributed by atoms with Gasteiger partial charge in [-0.25, -0.2) is 14.4 Å². The first-order valence-electron chi connectivity index (χ1n) is 13.0. The number of nitrogens with one attached hydrogen (secondary N) is 1. The Bertz CT molecular complexity index is 1360. The molecule has 10 heteroatoms. The van der Waals surface area contributed by atoms with Crippen LogP contribution in [0.4, 0.5) is 10.3 Å². The molecule has 0 amide bonds. The molecule has 2 N–H and O–H groups in total. The van der Waals surface area contributed by atoms with Crippen molar-refractivity contribution in [3.05, 3.63) is 52.2 Å². The first-order valence-corrected chi connectivity index (χ1v) is 13.0. The fourth-order valence-corrected chi connectivity index (χ4v) is 5.83. The number of rotatable bonds is 6. The van der Waals surface area contributed by atoms with Crippen LogP contribution in [-0.4, -0.2) is 75.2 Å². The monoisotopic (exact) mass is 509 g/mol. The molecule has 0 radical (unpaired) electrons. The molecule has 5 heterocycles. The summed E-state index contributed by atoms with van der Waals surface area (Å²) in [5.74, 6) is -0.315. The predicted octanol–water partition coefficient (Wildman–Crippen LogP) is 2.71. The van der Waals surface area contributed by atoms with E-state index in [0.29, 0.717) is 42.6 Å². The Morgan fingerprint density at radius 2 is 2.00 bits per heavy atom. The van der Waals surface area contributed by atoms with E-state index in [0.717, 1.165) is 37.0 Å². The number of aliphatic hydroxyl groups is 1. The third kappa shape index (κ3) is 4.52. The zero-order chi connectivity index (χ0) is 25.7. The van der Waals surface area contributed by atoms with Crippen molar-refractivity contribution in [1.29, 1.82) is 0 Å². The molecule has 6 rings (SSSR count). The summed E-state index contributed by atoms with van der Waals surface area (Å²) in [5, 5.41) is 13.9. The van der Waals surface area contributed by atoms with E-state index >= 15 is 0 Å². The Balaban J connectivity index is 1.38. The highest BCUT2D eigenvalue weighted by Gasteiger charge is 2.42. The molecule has 3 aliphatic heterocycles. The molecule has 2 aromatic heterocycles. The third-order valence-electron chi connectivity index (χ3n) is 7.75. The molecule has 3 aliphatic rings. The second kappa shape index (κ2) is 9.75. The predicted molar refractivity (Wildman–Crippen MR) is 137 cm³/mol. The zero-order valence-corrected chi connectivity index (χ0v) is 21.1. The number of nitrogens with zero attached hydrogens (tertiary/aromatic N) is 4. The number of benzene rings is 1. The fraction of sp³-hybridized carbons (Fsp3) is 0.519. The van der Waals surface area contributed by atoms with Crippen LogP contribution in [0.2, 0.25) is 0 Å². The van der Waals surface area contributed by atoms with Gasteiger partial charge >= 0.3 is 0 Å². The molecule has 3 aromatic rings. The highest BCUT2D eigenvalue weighted by molar-refractivity contribution is 5.84. The Hall–Kier alpha value is -2.92. The van der Waals surface area contributed by atoms with Crippen LogP contribution in [0.25, 0.3) is 22.2 Å². The summed E-state index contributed by atoms with van der Waals surface area (Å²) in [6.07, 6.45) is 2.18. The SMILES string of the molecule is CC(C)n1c(CN2C3COCC2C3)cc(=O)c2ccc(-c3nc(N[C@@H]4CCOC[C@H]4O)ncc3F)cc21. The van der Waals surface area contributed by atoms with Crippen LogP contribution in [-0.2, 0) is 16.0 Å². The van der Waals surface area contributed by atoms with Crippen LogP contribution in [0, 0.1) is 5.82 Å². The molecule has 4 atom stereocenters. The number of pyridine rings is 1. The Labute approximate surface area is 214 Å². The van der Waals surface area contributed by atoms with Crippen LogP contribution in [0.15, 0.2) is 35.3 Å². The highest BCUT2D eigenvalue weighted by Crippen LogP contribution is 2.34. The number of halogens is 1. The highest BCUT2D eigenvalue weighted by atomic mass is 19.1. The Morgan fingerprint density at radius 1 is 1.19 bits per heavy atom. The van der Waals surface area contributed by atoms with Crippen molar-refractivity contribution in [3.8, 4) is 11.3 Å². The molecule has 0 saturated carbocycles. The van der Waals surface area contributed by atoms with E-state index in [2.05, 4.69) is 38.6 Å². The maximum absolute atomic E-state index is 15.0. The van der Waals surface area contributed by atoms with E-state index in [4.69, 9.17) is 9.47 Å². The van der Waals surface area contributed by atoms with E-state index in [-0.39, 0.29) is 35.8 Å². The van der Waals surface area contributed by atoms with Crippen LogP contribution >= 0.6 is 0 Å². The minimum absolute atomic E-state index is 0.0468. The topological polar surface area (TPSA) is 102 Å². The number of aliphatic hydroxyl groups excluding tert-OH is 1. The second-order valence-corrected chi connectivity index (χ2v) is 10.5. The number of aromatic nitrogens is 3. The Morgan fingerprint density at radius 3 is 2.73 bits per heavy atom. The van der Waals surface area contributed by atoms with Crippen molar-refractivity contribution in [1.82, 2.24) is 19.4 Å². The molecular formula is C27H32FN5O4. The van der Waals surface area contributed by atoms with Crippen molar-refractivity contribution in [2.45, 2.75) is 63.5 Å². The van der Waals surface area contributed by atoms with Gasteiger partial charge in [0.25, 0.3) is 0 Å². The van der Waals surface area contributed by atoms with Gasteiger partial charge in [-0.05, 0) is 38.8 Å². The van der Waals surface area contributed by atoms with Gasteiger partial charge in [-0.1, -0.05) is 6.07 Å². The summed E-state index contributed by atoms with van der Waals surface area (Å²) in [4.78, 5) is 24.1. The van der Waals surface area contributed by atoms with E-state index in [9.17, 15) is 14.3 Å². The quantitative estimate of drug-likeness (QED) is 0.523. The number of fused-ring (bicyclic) bond motifs is 3. The van der Waals surface area contributed by atoms with Gasteiger partial charge in [0.15, 0.2) is 11.2 Å². The maximum Gasteiger partial charge on any atom is 0.223 e. The molecule has 0 spiro atoms. The summed E-state index contributed by atoms with van der Waals surface area (Å²) in [6, 6.07) is 7.67. The van der Waals surface area contributed by atoms with Crippen molar-refractivity contribution >= 4 is 16.9 Å². The van der Waals surface area contributed by atoms with Crippen molar-refractivity contribution in [3.63, 3.8) is 0 Å². The van der Waals surface area contributed by atoms with Gasteiger partial charge in [-0.2, -0.15) is 0 Å². The first kappa shape index (κ1) is 24.4. The smallest absolute Gasteiger partial charge is 0.223 e. The number of ether oxygens (including phenoxy) is 2. The van der Waals surface area contributed by atoms with Crippen LogP contribution in [0.5, 0.6) is 0 Å². The van der Waals surface area contributed by atoms with Crippen LogP contribution < -0.4 is 10.7 Å². The lowest BCUT2D eigenvalue weighted by molar-refractivity contribution is -0.132. The normalized spacial score (nSPS) is 25.9. The van der Waals surface area contributed by atoms with E-state index in [1.54, 1.807) is 18.2 Å². The van der Waals surface area contributed by atoms with Crippen LogP contribution in [0.3, 0.4) is 0 Å². The molecule has 2 bridgehead atoms. The molecule has 2 unspecified atom stereocenters. The molecular weight excluding hydrogens is 477 g/mol. The molecule has 3 fully saturated rings. The van der Waals surface area contributed by atoms with Gasteiger partial charge in [0.1, 0.15) is 5.69 Å². The van der Waals surface area contributed by atoms with Crippen molar-refractivity contribution in [2.24, 2.45) is 0 Å². The van der Waals surface area contributed by atoms with Gasteiger partial charge in [0, 0.05) is 54.0 Å².